The van der Waals surface area contributed by atoms with Gasteiger partial charge in [0.1, 0.15) is 11.1 Å². The van der Waals surface area contributed by atoms with Gasteiger partial charge in [-0.2, -0.15) is 0 Å². The van der Waals surface area contributed by atoms with Crippen molar-refractivity contribution in [2.24, 2.45) is 5.14 Å². The maximum atomic E-state index is 13.8. The molecule has 2 N–H and O–H groups in total. The van der Waals surface area contributed by atoms with Crippen LogP contribution in [0.1, 0.15) is 12.0 Å². The van der Waals surface area contributed by atoms with Crippen LogP contribution in [0.25, 0.3) is 0 Å². The first kappa shape index (κ1) is 14.2. The van der Waals surface area contributed by atoms with E-state index in [1.54, 1.807) is 6.92 Å². The number of hydrogen-bond acceptors (Lipinski definition) is 3. The Kier molecular flexibility index (Phi) is 3.55. The number of nitrogens with zero attached hydrogens (tertiary/aromatic N) is 1. The van der Waals surface area contributed by atoms with Gasteiger partial charge in [0.05, 0.1) is 10.7 Å². The molecule has 1 aromatic rings. The zero-order valence-corrected chi connectivity index (χ0v) is 11.6. The SMILES string of the molecule is Cc1ccc(F)c(N2CC(S(N)(=O)=O)CC2=O)c1Cl. The molecule has 19 heavy (non-hydrogen) atoms. The lowest BCUT2D eigenvalue weighted by atomic mass is 10.2. The maximum Gasteiger partial charge on any atom is 0.228 e. The summed E-state index contributed by atoms with van der Waals surface area (Å²) < 4.78 is 36.4. The number of benzene rings is 1. The van der Waals surface area contributed by atoms with Crippen molar-refractivity contribution in [1.82, 2.24) is 0 Å². The molecule has 1 aromatic carbocycles. The first-order valence-corrected chi connectivity index (χ1v) is 7.47. The van der Waals surface area contributed by atoms with E-state index in [4.69, 9.17) is 16.7 Å². The third-order valence-corrected chi connectivity index (χ3v) is 4.81. The van der Waals surface area contributed by atoms with Crippen molar-refractivity contribution >= 4 is 33.2 Å². The quantitative estimate of drug-likeness (QED) is 0.891. The number of hydrogen-bond donors (Lipinski definition) is 1. The highest BCUT2D eigenvalue weighted by atomic mass is 35.5. The molecule has 1 heterocycles. The molecule has 0 radical (unpaired) electrons. The van der Waals surface area contributed by atoms with Gasteiger partial charge in [0.25, 0.3) is 0 Å². The molecule has 1 aliphatic rings. The van der Waals surface area contributed by atoms with Crippen LogP contribution >= 0.6 is 11.6 Å². The number of nitrogens with two attached hydrogens (primary N) is 1. The van der Waals surface area contributed by atoms with Crippen molar-refractivity contribution in [2.45, 2.75) is 18.6 Å². The molecule has 0 spiro atoms. The minimum atomic E-state index is -3.84. The van der Waals surface area contributed by atoms with Crippen LogP contribution in [0.5, 0.6) is 0 Å². The lowest BCUT2D eigenvalue weighted by Gasteiger charge is -2.19. The van der Waals surface area contributed by atoms with Crippen molar-refractivity contribution in [1.29, 1.82) is 0 Å². The Morgan fingerprint density at radius 3 is 2.63 bits per heavy atom. The fourth-order valence-corrected chi connectivity index (χ4v) is 2.99. The second kappa shape index (κ2) is 4.73. The summed E-state index contributed by atoms with van der Waals surface area (Å²) in [5.41, 5.74) is 0.516. The first-order chi connectivity index (χ1) is 8.71. The molecule has 1 aliphatic heterocycles. The summed E-state index contributed by atoms with van der Waals surface area (Å²) in [4.78, 5) is 12.9. The van der Waals surface area contributed by atoms with Crippen LogP contribution in [0.15, 0.2) is 12.1 Å². The fourth-order valence-electron chi connectivity index (χ4n) is 2.00. The number of sulfonamides is 1. The number of carbonyl (C=O) groups is 1. The van der Waals surface area contributed by atoms with Gasteiger partial charge >= 0.3 is 0 Å². The second-order valence-electron chi connectivity index (χ2n) is 4.45. The van der Waals surface area contributed by atoms with Gasteiger partial charge in [0, 0.05) is 13.0 Å². The number of halogens is 2. The van der Waals surface area contributed by atoms with E-state index in [1.807, 2.05) is 0 Å². The van der Waals surface area contributed by atoms with Gasteiger partial charge in [-0.05, 0) is 18.6 Å². The lowest BCUT2D eigenvalue weighted by molar-refractivity contribution is -0.117. The molecule has 8 heteroatoms. The molecule has 1 atom stereocenters. The van der Waals surface area contributed by atoms with Crippen LogP contribution in [-0.2, 0) is 14.8 Å². The molecule has 0 aliphatic carbocycles. The van der Waals surface area contributed by atoms with E-state index in [1.165, 1.54) is 12.1 Å². The molecule has 0 saturated carbocycles. The minimum absolute atomic E-state index is 0.0854. The summed E-state index contributed by atoms with van der Waals surface area (Å²) in [6, 6.07) is 2.67. The highest BCUT2D eigenvalue weighted by Crippen LogP contribution is 2.35. The smallest absolute Gasteiger partial charge is 0.228 e. The van der Waals surface area contributed by atoms with Gasteiger partial charge in [-0.25, -0.2) is 17.9 Å². The van der Waals surface area contributed by atoms with Gasteiger partial charge in [-0.1, -0.05) is 17.7 Å². The lowest BCUT2D eigenvalue weighted by Crippen LogP contribution is -2.32. The number of aryl methyl sites for hydroxylation is 1. The van der Waals surface area contributed by atoms with Crippen molar-refractivity contribution in [2.75, 3.05) is 11.4 Å². The van der Waals surface area contributed by atoms with Crippen LogP contribution in [0.4, 0.5) is 10.1 Å². The van der Waals surface area contributed by atoms with Crippen LogP contribution < -0.4 is 10.0 Å². The normalized spacial score (nSPS) is 20.1. The van der Waals surface area contributed by atoms with Crippen LogP contribution in [-0.4, -0.2) is 26.1 Å². The van der Waals surface area contributed by atoms with Gasteiger partial charge in [0.15, 0.2) is 0 Å². The molecule has 1 fully saturated rings. The van der Waals surface area contributed by atoms with E-state index in [2.05, 4.69) is 0 Å². The second-order valence-corrected chi connectivity index (χ2v) is 6.67. The molecular weight excluding hydrogens is 295 g/mol. The topological polar surface area (TPSA) is 80.5 Å². The Labute approximate surface area is 115 Å². The molecule has 104 valence electrons. The average molecular weight is 307 g/mol. The molecule has 1 amide bonds. The predicted octanol–water partition coefficient (Wildman–Crippen LogP) is 1.18. The third-order valence-electron chi connectivity index (χ3n) is 3.08. The third kappa shape index (κ3) is 2.58. The maximum absolute atomic E-state index is 13.8. The number of primary sulfonamides is 1. The van der Waals surface area contributed by atoms with Gasteiger partial charge in [-0.15, -0.1) is 0 Å². The van der Waals surface area contributed by atoms with E-state index in [0.29, 0.717) is 5.56 Å². The van der Waals surface area contributed by atoms with Crippen LogP contribution in [0.3, 0.4) is 0 Å². The van der Waals surface area contributed by atoms with Crippen molar-refractivity contribution in [3.63, 3.8) is 0 Å². The first-order valence-electron chi connectivity index (χ1n) is 5.48. The molecule has 5 nitrogen and oxygen atoms in total. The Balaban J connectivity index is 2.45. The van der Waals surface area contributed by atoms with E-state index in [9.17, 15) is 17.6 Å². The van der Waals surface area contributed by atoms with Crippen molar-refractivity contribution < 1.29 is 17.6 Å². The Bertz CT molecular complexity index is 648. The molecule has 0 aromatic heterocycles. The summed E-state index contributed by atoms with van der Waals surface area (Å²) in [5, 5.41) is 4.08. The summed E-state index contributed by atoms with van der Waals surface area (Å²) in [6.45, 7) is 1.49. The summed E-state index contributed by atoms with van der Waals surface area (Å²) >= 11 is 5.99. The highest BCUT2D eigenvalue weighted by molar-refractivity contribution is 7.89. The largest absolute Gasteiger partial charge is 0.307 e. The summed E-state index contributed by atoms with van der Waals surface area (Å²) in [6.07, 6.45) is -0.261. The zero-order valence-electron chi connectivity index (χ0n) is 10.1. The zero-order chi connectivity index (χ0) is 14.4. The standard InChI is InChI=1S/C11H12ClFN2O3S/c1-6-2-3-8(13)11(10(6)12)15-5-7(4-9(15)16)19(14,17)18/h2-3,7H,4-5H2,1H3,(H2,14,17,18). The monoisotopic (exact) mass is 306 g/mol. The number of amides is 1. The van der Waals surface area contributed by atoms with Gasteiger partial charge < -0.3 is 4.90 Å². The van der Waals surface area contributed by atoms with E-state index >= 15 is 0 Å². The van der Waals surface area contributed by atoms with Gasteiger partial charge in [0.2, 0.25) is 15.9 Å². The minimum Gasteiger partial charge on any atom is -0.307 e. The average Bonchev–Trinajstić information content (AvgIpc) is 2.67. The summed E-state index contributed by atoms with van der Waals surface area (Å²) in [5.74, 6) is -1.18. The van der Waals surface area contributed by atoms with E-state index in [0.717, 1.165) is 4.90 Å². The van der Waals surface area contributed by atoms with Crippen LogP contribution in [0.2, 0.25) is 5.02 Å². The molecule has 1 saturated heterocycles. The Hall–Kier alpha value is -1.18. The van der Waals surface area contributed by atoms with Crippen molar-refractivity contribution in [3.05, 3.63) is 28.5 Å². The number of carbonyl (C=O) groups excluding carboxylic acids is 1. The molecule has 0 bridgehead atoms. The van der Waals surface area contributed by atoms with Crippen LogP contribution in [0, 0.1) is 12.7 Å². The molecule has 2 rings (SSSR count). The Morgan fingerprint density at radius 1 is 1.47 bits per heavy atom. The van der Waals surface area contributed by atoms with Crippen molar-refractivity contribution in [3.8, 4) is 0 Å². The number of rotatable bonds is 2. The fraction of sp³-hybridized carbons (Fsp3) is 0.364. The molecular formula is C11H12ClFN2O3S. The van der Waals surface area contributed by atoms with Gasteiger partial charge in [-0.3, -0.25) is 4.79 Å². The van der Waals surface area contributed by atoms with E-state index < -0.39 is 27.0 Å². The van der Waals surface area contributed by atoms with E-state index in [-0.39, 0.29) is 23.7 Å². The predicted molar refractivity (Wildman–Crippen MR) is 70.0 cm³/mol. The Morgan fingerprint density at radius 2 is 2.11 bits per heavy atom. The molecule has 1 unspecified atom stereocenters. The number of anilines is 1. The highest BCUT2D eigenvalue weighted by Gasteiger charge is 2.39. The summed E-state index contributed by atoms with van der Waals surface area (Å²) in [7, 11) is -3.84.